The fraction of sp³-hybridized carbons (Fsp3) is 0.167. The number of nitrogens with zero attached hydrogens (tertiary/aromatic N) is 1. The van der Waals surface area contributed by atoms with E-state index in [-0.39, 0.29) is 16.7 Å². The summed E-state index contributed by atoms with van der Waals surface area (Å²) in [7, 11) is 0. The van der Waals surface area contributed by atoms with Crippen LogP contribution in [0.4, 0.5) is 11.4 Å². The van der Waals surface area contributed by atoms with Crippen molar-refractivity contribution in [3.05, 3.63) is 56.3 Å². The van der Waals surface area contributed by atoms with E-state index in [2.05, 4.69) is 11.4 Å². The molecule has 1 unspecified atom stereocenters. The average molecular weight is 246 g/mol. The summed E-state index contributed by atoms with van der Waals surface area (Å²) in [4.78, 5) is 11.3. The maximum atomic E-state index is 10.6. The van der Waals surface area contributed by atoms with Crippen molar-refractivity contribution in [1.29, 1.82) is 0 Å². The standard InChI is InChI=1S/C12H10N2O2S/c15-14(16)9-6-12(17-7-9)11-5-8-3-1-2-4-10(8)13-11/h1-4,6-7,11,13H,5H2. The number of benzene rings is 1. The quantitative estimate of drug-likeness (QED) is 0.653. The molecule has 0 fully saturated rings. The molecule has 0 saturated carbocycles. The van der Waals surface area contributed by atoms with Gasteiger partial charge in [-0.2, -0.15) is 0 Å². The fourth-order valence-corrected chi connectivity index (χ4v) is 3.00. The van der Waals surface area contributed by atoms with Gasteiger partial charge in [-0.25, -0.2) is 0 Å². The molecular weight excluding hydrogens is 236 g/mol. The molecule has 0 amide bonds. The molecule has 4 nitrogen and oxygen atoms in total. The van der Waals surface area contributed by atoms with E-state index in [1.54, 1.807) is 11.4 Å². The van der Waals surface area contributed by atoms with E-state index in [1.165, 1.54) is 16.9 Å². The lowest BCUT2D eigenvalue weighted by Gasteiger charge is -2.07. The maximum Gasteiger partial charge on any atom is 0.280 e. The fourth-order valence-electron chi connectivity index (χ4n) is 2.09. The summed E-state index contributed by atoms with van der Waals surface area (Å²) in [5, 5.41) is 15.6. The number of nitrogens with one attached hydrogen (secondary N) is 1. The molecule has 86 valence electrons. The van der Waals surface area contributed by atoms with Gasteiger partial charge in [0.2, 0.25) is 0 Å². The Hall–Kier alpha value is -1.88. The predicted molar refractivity (Wildman–Crippen MR) is 67.5 cm³/mol. The van der Waals surface area contributed by atoms with Crippen molar-refractivity contribution in [3.8, 4) is 0 Å². The molecular formula is C12H10N2O2S. The van der Waals surface area contributed by atoms with Crippen LogP contribution in [-0.2, 0) is 6.42 Å². The number of hydrogen-bond acceptors (Lipinski definition) is 4. The van der Waals surface area contributed by atoms with Crippen LogP contribution in [0.3, 0.4) is 0 Å². The number of nitro groups is 1. The van der Waals surface area contributed by atoms with Gasteiger partial charge in [-0.3, -0.25) is 10.1 Å². The van der Waals surface area contributed by atoms with Gasteiger partial charge in [-0.1, -0.05) is 18.2 Å². The first-order valence-corrected chi connectivity index (χ1v) is 6.19. The third-order valence-corrected chi connectivity index (χ3v) is 3.97. The minimum absolute atomic E-state index is 0.172. The Morgan fingerprint density at radius 3 is 2.94 bits per heavy atom. The molecule has 1 aliphatic rings. The van der Waals surface area contributed by atoms with Gasteiger partial charge in [0.1, 0.15) is 0 Å². The second kappa shape index (κ2) is 3.85. The number of fused-ring (bicyclic) bond motifs is 1. The van der Waals surface area contributed by atoms with Gasteiger partial charge >= 0.3 is 0 Å². The van der Waals surface area contributed by atoms with Gasteiger partial charge in [0.25, 0.3) is 5.69 Å². The van der Waals surface area contributed by atoms with E-state index in [4.69, 9.17) is 0 Å². The van der Waals surface area contributed by atoms with Crippen molar-refractivity contribution < 1.29 is 4.92 Å². The van der Waals surface area contributed by atoms with Gasteiger partial charge in [0.05, 0.1) is 16.3 Å². The number of hydrogen-bond donors (Lipinski definition) is 1. The normalized spacial score (nSPS) is 17.5. The molecule has 2 aromatic rings. The Morgan fingerprint density at radius 1 is 1.41 bits per heavy atom. The Kier molecular flexibility index (Phi) is 2.33. The van der Waals surface area contributed by atoms with Crippen LogP contribution in [0.25, 0.3) is 0 Å². The van der Waals surface area contributed by atoms with Crippen LogP contribution < -0.4 is 5.32 Å². The van der Waals surface area contributed by atoms with Crippen molar-refractivity contribution in [2.24, 2.45) is 0 Å². The molecule has 0 aliphatic carbocycles. The van der Waals surface area contributed by atoms with Crippen molar-refractivity contribution >= 4 is 22.7 Å². The Morgan fingerprint density at radius 2 is 2.24 bits per heavy atom. The lowest BCUT2D eigenvalue weighted by atomic mass is 10.1. The van der Waals surface area contributed by atoms with Crippen LogP contribution in [0.2, 0.25) is 0 Å². The van der Waals surface area contributed by atoms with Gasteiger partial charge in [-0.15, -0.1) is 11.3 Å². The highest BCUT2D eigenvalue weighted by molar-refractivity contribution is 7.10. The van der Waals surface area contributed by atoms with Gasteiger partial charge in [-0.05, 0) is 18.1 Å². The Balaban J connectivity index is 1.86. The molecule has 0 spiro atoms. The summed E-state index contributed by atoms with van der Waals surface area (Å²) in [6.45, 7) is 0. The molecule has 0 bridgehead atoms. The number of rotatable bonds is 2. The second-order valence-electron chi connectivity index (χ2n) is 4.02. The van der Waals surface area contributed by atoms with E-state index in [1.807, 2.05) is 18.2 Å². The van der Waals surface area contributed by atoms with Crippen LogP contribution in [0, 0.1) is 10.1 Å². The zero-order valence-electron chi connectivity index (χ0n) is 8.92. The van der Waals surface area contributed by atoms with Crippen LogP contribution in [-0.4, -0.2) is 4.92 Å². The molecule has 0 radical (unpaired) electrons. The van der Waals surface area contributed by atoms with Gasteiger partial charge < -0.3 is 5.32 Å². The monoisotopic (exact) mass is 246 g/mol. The largest absolute Gasteiger partial charge is 0.377 e. The van der Waals surface area contributed by atoms with E-state index in [0.29, 0.717) is 0 Å². The molecule has 1 aromatic heterocycles. The second-order valence-corrected chi connectivity index (χ2v) is 4.97. The number of anilines is 1. The van der Waals surface area contributed by atoms with Crippen LogP contribution in [0.1, 0.15) is 16.5 Å². The first-order chi connectivity index (χ1) is 8.24. The molecule has 1 atom stereocenters. The molecule has 5 heteroatoms. The predicted octanol–water partition coefficient (Wildman–Crippen LogP) is 3.37. The summed E-state index contributed by atoms with van der Waals surface area (Å²) < 4.78 is 0. The number of para-hydroxylation sites is 1. The van der Waals surface area contributed by atoms with E-state index >= 15 is 0 Å². The SMILES string of the molecule is O=[N+]([O-])c1csc(C2Cc3ccccc3N2)c1. The van der Waals surface area contributed by atoms with E-state index < -0.39 is 0 Å². The van der Waals surface area contributed by atoms with Gasteiger partial charge in [0, 0.05) is 16.6 Å². The highest BCUT2D eigenvalue weighted by Crippen LogP contribution is 2.37. The molecule has 1 aliphatic heterocycles. The van der Waals surface area contributed by atoms with Crippen LogP contribution >= 0.6 is 11.3 Å². The van der Waals surface area contributed by atoms with Crippen LogP contribution in [0.5, 0.6) is 0 Å². The zero-order chi connectivity index (χ0) is 11.8. The van der Waals surface area contributed by atoms with Crippen molar-refractivity contribution in [3.63, 3.8) is 0 Å². The lowest BCUT2D eigenvalue weighted by molar-refractivity contribution is -0.384. The molecule has 1 N–H and O–H groups in total. The van der Waals surface area contributed by atoms with Crippen molar-refractivity contribution in [2.75, 3.05) is 5.32 Å². The molecule has 1 aromatic carbocycles. The number of thiophene rings is 1. The summed E-state index contributed by atoms with van der Waals surface area (Å²) >= 11 is 1.44. The molecule has 2 heterocycles. The molecule has 0 saturated heterocycles. The highest BCUT2D eigenvalue weighted by Gasteiger charge is 2.24. The van der Waals surface area contributed by atoms with Crippen LogP contribution in [0.15, 0.2) is 35.7 Å². The van der Waals surface area contributed by atoms with E-state index in [9.17, 15) is 10.1 Å². The topological polar surface area (TPSA) is 55.2 Å². The first kappa shape index (κ1) is 10.3. The van der Waals surface area contributed by atoms with Gasteiger partial charge in [0.15, 0.2) is 0 Å². The van der Waals surface area contributed by atoms with Crippen molar-refractivity contribution in [1.82, 2.24) is 0 Å². The lowest BCUT2D eigenvalue weighted by Crippen LogP contribution is -2.03. The maximum absolute atomic E-state index is 10.6. The minimum Gasteiger partial charge on any atom is -0.377 e. The van der Waals surface area contributed by atoms with Crippen molar-refractivity contribution in [2.45, 2.75) is 12.5 Å². The molecule has 3 rings (SSSR count). The smallest absolute Gasteiger partial charge is 0.280 e. The first-order valence-electron chi connectivity index (χ1n) is 5.31. The highest BCUT2D eigenvalue weighted by atomic mass is 32.1. The summed E-state index contributed by atoms with van der Waals surface area (Å²) in [5.41, 5.74) is 2.59. The average Bonchev–Trinajstić information content (AvgIpc) is 2.95. The summed E-state index contributed by atoms with van der Waals surface area (Å²) in [6.07, 6.45) is 0.897. The minimum atomic E-state index is -0.345. The Labute approximate surface area is 102 Å². The van der Waals surface area contributed by atoms with E-state index in [0.717, 1.165) is 17.0 Å². The zero-order valence-corrected chi connectivity index (χ0v) is 9.74. The molecule has 17 heavy (non-hydrogen) atoms. The third-order valence-electron chi connectivity index (χ3n) is 2.93. The Bertz CT molecular complexity index is 554. The third kappa shape index (κ3) is 1.78. The summed E-state index contributed by atoms with van der Waals surface area (Å²) in [6, 6.07) is 9.96. The summed E-state index contributed by atoms with van der Waals surface area (Å²) in [5.74, 6) is 0.